The normalized spacial score (nSPS) is 12.7. The highest BCUT2D eigenvalue weighted by atomic mass is 19.1. The van der Waals surface area contributed by atoms with Crippen molar-refractivity contribution in [3.8, 4) is 0 Å². The van der Waals surface area contributed by atoms with Crippen LogP contribution in [0.15, 0.2) is 36.4 Å². The van der Waals surface area contributed by atoms with Gasteiger partial charge in [-0.15, -0.1) is 0 Å². The third kappa shape index (κ3) is 2.47. The van der Waals surface area contributed by atoms with Gasteiger partial charge in [0.25, 0.3) is 5.91 Å². The molecule has 1 aliphatic heterocycles. The van der Waals surface area contributed by atoms with Gasteiger partial charge in [0, 0.05) is 29.5 Å². The molecule has 0 saturated heterocycles. The fourth-order valence-electron chi connectivity index (χ4n) is 2.26. The van der Waals surface area contributed by atoms with E-state index in [1.54, 1.807) is 12.1 Å². The molecule has 0 fully saturated rings. The minimum atomic E-state index is -0.726. The number of carbonyl (C=O) groups is 1. The molecule has 2 aromatic carbocycles. The van der Waals surface area contributed by atoms with Crippen molar-refractivity contribution in [3.63, 3.8) is 0 Å². The Bertz CT molecular complexity index is 665. The summed E-state index contributed by atoms with van der Waals surface area (Å²) in [5, 5.41) is 5.66. The lowest BCUT2D eigenvalue weighted by Crippen LogP contribution is -2.12. The van der Waals surface area contributed by atoms with Gasteiger partial charge in [-0.05, 0) is 36.2 Å². The second-order valence-electron chi connectivity index (χ2n) is 4.66. The van der Waals surface area contributed by atoms with E-state index in [-0.39, 0.29) is 5.69 Å². The van der Waals surface area contributed by atoms with Crippen molar-refractivity contribution >= 4 is 17.3 Å². The fraction of sp³-hybridized carbons (Fsp3) is 0.133. The predicted octanol–water partition coefficient (Wildman–Crippen LogP) is 3.19. The van der Waals surface area contributed by atoms with Gasteiger partial charge in [-0.25, -0.2) is 8.78 Å². The molecule has 3 rings (SSSR count). The minimum absolute atomic E-state index is 0.0981. The van der Waals surface area contributed by atoms with Crippen LogP contribution in [0.1, 0.15) is 15.9 Å². The van der Waals surface area contributed by atoms with Crippen LogP contribution in [0.25, 0.3) is 0 Å². The first-order valence-corrected chi connectivity index (χ1v) is 6.26. The lowest BCUT2D eigenvalue weighted by atomic mass is 10.1. The SMILES string of the molecule is O=C(Nc1cc(F)cc(F)c1)c1ccc2c(c1)NCC2. The minimum Gasteiger partial charge on any atom is -0.384 e. The van der Waals surface area contributed by atoms with E-state index >= 15 is 0 Å². The average molecular weight is 274 g/mol. The molecular formula is C15H12F2N2O. The molecule has 5 heteroatoms. The number of nitrogens with one attached hydrogen (secondary N) is 2. The maximum absolute atomic E-state index is 13.1. The molecule has 2 N–H and O–H groups in total. The quantitative estimate of drug-likeness (QED) is 0.883. The van der Waals surface area contributed by atoms with E-state index in [1.165, 1.54) is 5.56 Å². The molecule has 0 atom stereocenters. The summed E-state index contributed by atoms with van der Waals surface area (Å²) >= 11 is 0. The van der Waals surface area contributed by atoms with E-state index in [0.717, 1.165) is 36.9 Å². The van der Waals surface area contributed by atoms with E-state index in [1.807, 2.05) is 6.07 Å². The van der Waals surface area contributed by atoms with Crippen molar-refractivity contribution in [2.75, 3.05) is 17.2 Å². The first-order valence-electron chi connectivity index (χ1n) is 6.26. The first kappa shape index (κ1) is 12.6. The molecule has 0 unspecified atom stereocenters. The zero-order valence-electron chi connectivity index (χ0n) is 10.5. The Morgan fingerprint density at radius 3 is 2.60 bits per heavy atom. The number of rotatable bonds is 2. The van der Waals surface area contributed by atoms with Crippen molar-refractivity contribution in [1.82, 2.24) is 0 Å². The number of hydrogen-bond acceptors (Lipinski definition) is 2. The molecule has 0 spiro atoms. The zero-order valence-corrected chi connectivity index (χ0v) is 10.5. The highest BCUT2D eigenvalue weighted by Gasteiger charge is 2.14. The van der Waals surface area contributed by atoms with Gasteiger partial charge in [0.15, 0.2) is 0 Å². The summed E-state index contributed by atoms with van der Waals surface area (Å²) in [6.07, 6.45) is 0.937. The number of halogens is 2. The van der Waals surface area contributed by atoms with Gasteiger partial charge in [-0.3, -0.25) is 4.79 Å². The van der Waals surface area contributed by atoms with Gasteiger partial charge in [0.1, 0.15) is 11.6 Å². The summed E-state index contributed by atoms with van der Waals surface area (Å²) in [7, 11) is 0. The molecule has 20 heavy (non-hydrogen) atoms. The number of anilines is 2. The number of carbonyl (C=O) groups excluding carboxylic acids is 1. The summed E-state index contributed by atoms with van der Waals surface area (Å²) in [5.74, 6) is -1.85. The third-order valence-corrected chi connectivity index (χ3v) is 3.20. The Morgan fingerprint density at radius 2 is 1.85 bits per heavy atom. The fourth-order valence-corrected chi connectivity index (χ4v) is 2.26. The molecule has 0 aromatic heterocycles. The summed E-state index contributed by atoms with van der Waals surface area (Å²) in [6.45, 7) is 0.857. The highest BCUT2D eigenvalue weighted by Crippen LogP contribution is 2.24. The first-order chi connectivity index (χ1) is 9.61. The lowest BCUT2D eigenvalue weighted by Gasteiger charge is -2.07. The Balaban J connectivity index is 1.82. The predicted molar refractivity (Wildman–Crippen MR) is 72.9 cm³/mol. The standard InChI is InChI=1S/C15H12F2N2O/c16-11-6-12(17)8-13(7-11)19-15(20)10-2-1-9-3-4-18-14(9)5-10/h1-2,5-8,18H,3-4H2,(H,19,20). The molecule has 0 radical (unpaired) electrons. The van der Waals surface area contributed by atoms with Gasteiger partial charge < -0.3 is 10.6 Å². The van der Waals surface area contributed by atoms with Crippen LogP contribution in [0.2, 0.25) is 0 Å². The summed E-state index contributed by atoms with van der Waals surface area (Å²) < 4.78 is 26.1. The summed E-state index contributed by atoms with van der Waals surface area (Å²) in [5.41, 5.74) is 2.64. The van der Waals surface area contributed by atoms with E-state index in [4.69, 9.17) is 0 Å². The Labute approximate surface area is 114 Å². The molecule has 1 aliphatic rings. The van der Waals surface area contributed by atoms with Gasteiger partial charge in [-0.1, -0.05) is 6.07 Å². The average Bonchev–Trinajstić information content (AvgIpc) is 2.84. The van der Waals surface area contributed by atoms with Crippen molar-refractivity contribution in [1.29, 1.82) is 0 Å². The zero-order chi connectivity index (χ0) is 14.1. The molecule has 1 amide bonds. The number of fused-ring (bicyclic) bond motifs is 1. The second kappa shape index (κ2) is 4.92. The van der Waals surface area contributed by atoms with Crippen LogP contribution >= 0.6 is 0 Å². The topological polar surface area (TPSA) is 41.1 Å². The van der Waals surface area contributed by atoms with Gasteiger partial charge in [0.2, 0.25) is 0 Å². The van der Waals surface area contributed by atoms with Crippen LogP contribution in [0, 0.1) is 11.6 Å². The van der Waals surface area contributed by atoms with E-state index in [2.05, 4.69) is 10.6 Å². The highest BCUT2D eigenvalue weighted by molar-refractivity contribution is 6.05. The molecule has 1 heterocycles. The molecule has 0 aliphatic carbocycles. The molecule has 102 valence electrons. The van der Waals surface area contributed by atoms with E-state index in [9.17, 15) is 13.6 Å². The van der Waals surface area contributed by atoms with Crippen LogP contribution in [0.4, 0.5) is 20.2 Å². The van der Waals surface area contributed by atoms with Crippen molar-refractivity contribution in [3.05, 3.63) is 59.2 Å². The summed E-state index contributed by atoms with van der Waals surface area (Å²) in [6, 6.07) is 8.24. The molecule has 0 bridgehead atoms. The van der Waals surface area contributed by atoms with Crippen LogP contribution < -0.4 is 10.6 Å². The maximum atomic E-state index is 13.1. The molecule has 0 saturated carbocycles. The smallest absolute Gasteiger partial charge is 0.255 e. The van der Waals surface area contributed by atoms with Crippen molar-refractivity contribution < 1.29 is 13.6 Å². The lowest BCUT2D eigenvalue weighted by molar-refractivity contribution is 0.102. The Hall–Kier alpha value is -2.43. The third-order valence-electron chi connectivity index (χ3n) is 3.20. The maximum Gasteiger partial charge on any atom is 0.255 e. The monoisotopic (exact) mass is 274 g/mol. The van der Waals surface area contributed by atoms with Crippen molar-refractivity contribution in [2.24, 2.45) is 0 Å². The van der Waals surface area contributed by atoms with Crippen LogP contribution in [0.3, 0.4) is 0 Å². The molecular weight excluding hydrogens is 262 g/mol. The van der Waals surface area contributed by atoms with E-state index < -0.39 is 17.5 Å². The summed E-state index contributed by atoms with van der Waals surface area (Å²) in [4.78, 5) is 12.1. The van der Waals surface area contributed by atoms with Gasteiger partial charge >= 0.3 is 0 Å². The van der Waals surface area contributed by atoms with E-state index in [0.29, 0.717) is 5.56 Å². The van der Waals surface area contributed by atoms with Crippen LogP contribution in [0.5, 0.6) is 0 Å². The van der Waals surface area contributed by atoms with Crippen LogP contribution in [-0.2, 0) is 6.42 Å². The largest absolute Gasteiger partial charge is 0.384 e. The Morgan fingerprint density at radius 1 is 1.10 bits per heavy atom. The molecule has 3 nitrogen and oxygen atoms in total. The molecule has 2 aromatic rings. The number of benzene rings is 2. The number of amides is 1. The Kier molecular flexibility index (Phi) is 3.10. The van der Waals surface area contributed by atoms with Gasteiger partial charge in [0.05, 0.1) is 0 Å². The van der Waals surface area contributed by atoms with Gasteiger partial charge in [-0.2, -0.15) is 0 Å². The van der Waals surface area contributed by atoms with Crippen molar-refractivity contribution in [2.45, 2.75) is 6.42 Å². The van der Waals surface area contributed by atoms with Crippen LogP contribution in [-0.4, -0.2) is 12.5 Å². The number of hydrogen-bond donors (Lipinski definition) is 2. The second-order valence-corrected chi connectivity index (χ2v) is 4.66.